The first-order chi connectivity index (χ1) is 8.08. The van der Waals surface area contributed by atoms with Crippen molar-refractivity contribution >= 4 is 17.6 Å². The summed E-state index contributed by atoms with van der Waals surface area (Å²) in [6, 6.07) is 7.51. The van der Waals surface area contributed by atoms with E-state index in [9.17, 15) is 9.90 Å². The molecule has 1 fully saturated rings. The van der Waals surface area contributed by atoms with E-state index >= 15 is 0 Å². The number of carbonyl (C=O) groups is 1. The van der Waals surface area contributed by atoms with Crippen LogP contribution in [0.5, 0.6) is 0 Å². The number of piperidine rings is 1. The van der Waals surface area contributed by atoms with E-state index < -0.39 is 5.97 Å². The number of halogens is 1. The maximum atomic E-state index is 11.3. The monoisotopic (exact) mass is 253 g/mol. The number of carboxylic acid groups (broad SMARTS) is 1. The van der Waals surface area contributed by atoms with Gasteiger partial charge in [-0.1, -0.05) is 23.7 Å². The summed E-state index contributed by atoms with van der Waals surface area (Å²) in [5.41, 5.74) is 1.06. The van der Waals surface area contributed by atoms with Crippen LogP contribution in [0.4, 0.5) is 0 Å². The van der Waals surface area contributed by atoms with Crippen LogP contribution in [0.15, 0.2) is 24.3 Å². The molecule has 2 rings (SSSR count). The van der Waals surface area contributed by atoms with Gasteiger partial charge in [-0.3, -0.25) is 4.79 Å². The van der Waals surface area contributed by atoms with Gasteiger partial charge in [-0.05, 0) is 37.7 Å². The summed E-state index contributed by atoms with van der Waals surface area (Å²) in [5.74, 6) is -0.922. The molecule has 2 unspecified atom stereocenters. The number of hydrogen-bond acceptors (Lipinski definition) is 2. The van der Waals surface area contributed by atoms with E-state index in [0.29, 0.717) is 11.4 Å². The summed E-state index contributed by atoms with van der Waals surface area (Å²) < 4.78 is 0. The molecule has 1 aliphatic rings. The Morgan fingerprint density at radius 1 is 1.41 bits per heavy atom. The van der Waals surface area contributed by atoms with Crippen LogP contribution < -0.4 is 0 Å². The average molecular weight is 254 g/mol. The van der Waals surface area contributed by atoms with Crippen LogP contribution in [0, 0.1) is 5.92 Å². The Morgan fingerprint density at radius 2 is 2.06 bits per heavy atom. The second-order valence-electron chi connectivity index (χ2n) is 4.65. The third-order valence-electron chi connectivity index (χ3n) is 3.43. The fourth-order valence-electron chi connectivity index (χ4n) is 2.46. The number of aliphatic carboxylic acids is 1. The van der Waals surface area contributed by atoms with Crippen LogP contribution in [-0.2, 0) is 4.79 Å². The zero-order valence-corrected chi connectivity index (χ0v) is 10.5. The number of carboxylic acids is 1. The molecular weight excluding hydrogens is 238 g/mol. The van der Waals surface area contributed by atoms with Crippen molar-refractivity contribution in [2.75, 3.05) is 20.1 Å². The maximum absolute atomic E-state index is 11.3. The Hall–Kier alpha value is -1.06. The average Bonchev–Trinajstić information content (AvgIpc) is 2.29. The first-order valence-electron chi connectivity index (χ1n) is 5.74. The van der Waals surface area contributed by atoms with Gasteiger partial charge in [0.05, 0.1) is 5.92 Å². The van der Waals surface area contributed by atoms with Crippen molar-refractivity contribution in [2.45, 2.75) is 12.3 Å². The van der Waals surface area contributed by atoms with E-state index in [2.05, 4.69) is 4.90 Å². The molecule has 4 heteroatoms. The Bertz CT molecular complexity index is 404. The molecule has 0 amide bonds. The quantitative estimate of drug-likeness (QED) is 0.880. The molecule has 1 saturated heterocycles. The summed E-state index contributed by atoms with van der Waals surface area (Å²) in [6.45, 7) is 1.64. The van der Waals surface area contributed by atoms with Gasteiger partial charge in [-0.2, -0.15) is 0 Å². The Labute approximate surface area is 106 Å². The highest BCUT2D eigenvalue weighted by Crippen LogP contribution is 2.32. The molecule has 3 nitrogen and oxygen atoms in total. The Kier molecular flexibility index (Phi) is 3.69. The Morgan fingerprint density at radius 3 is 2.65 bits per heavy atom. The van der Waals surface area contributed by atoms with E-state index in [-0.39, 0.29) is 11.8 Å². The van der Waals surface area contributed by atoms with Crippen LogP contribution in [0.25, 0.3) is 0 Å². The predicted molar refractivity (Wildman–Crippen MR) is 67.4 cm³/mol. The van der Waals surface area contributed by atoms with Crippen molar-refractivity contribution < 1.29 is 9.90 Å². The number of likely N-dealkylation sites (N-methyl/N-ethyl adjacent to an activating group) is 1. The lowest BCUT2D eigenvalue weighted by Crippen LogP contribution is -2.39. The number of hydrogen-bond donors (Lipinski definition) is 1. The van der Waals surface area contributed by atoms with Crippen LogP contribution in [-0.4, -0.2) is 36.1 Å². The molecule has 0 spiro atoms. The van der Waals surface area contributed by atoms with E-state index in [1.165, 1.54) is 0 Å². The summed E-state index contributed by atoms with van der Waals surface area (Å²) in [7, 11) is 2.03. The van der Waals surface area contributed by atoms with Crippen molar-refractivity contribution in [3.63, 3.8) is 0 Å². The van der Waals surface area contributed by atoms with Crippen LogP contribution in [0.2, 0.25) is 5.02 Å². The standard InChI is InChI=1S/C13H16ClNO2/c1-15-7-6-11(13(16)17)12(8-15)9-2-4-10(14)5-3-9/h2-5,11-12H,6-8H2,1H3,(H,16,17). The lowest BCUT2D eigenvalue weighted by Gasteiger charge is -2.34. The summed E-state index contributed by atoms with van der Waals surface area (Å²) in [4.78, 5) is 13.4. The van der Waals surface area contributed by atoms with Crippen molar-refractivity contribution in [1.29, 1.82) is 0 Å². The fourth-order valence-corrected chi connectivity index (χ4v) is 2.58. The summed E-state index contributed by atoms with van der Waals surface area (Å²) >= 11 is 5.85. The molecule has 1 N–H and O–H groups in total. The molecule has 17 heavy (non-hydrogen) atoms. The normalized spacial score (nSPS) is 25.8. The van der Waals surface area contributed by atoms with E-state index in [1.54, 1.807) is 0 Å². The third-order valence-corrected chi connectivity index (χ3v) is 3.68. The highest BCUT2D eigenvalue weighted by Gasteiger charge is 2.33. The van der Waals surface area contributed by atoms with Gasteiger partial charge in [0, 0.05) is 17.5 Å². The molecule has 1 aliphatic heterocycles. The van der Waals surface area contributed by atoms with Crippen LogP contribution in [0.1, 0.15) is 17.9 Å². The van der Waals surface area contributed by atoms with Gasteiger partial charge in [0.1, 0.15) is 0 Å². The lowest BCUT2D eigenvalue weighted by molar-refractivity contribution is -0.144. The SMILES string of the molecule is CN1CCC(C(=O)O)C(c2ccc(Cl)cc2)C1. The van der Waals surface area contributed by atoms with Crippen molar-refractivity contribution in [1.82, 2.24) is 4.90 Å². The van der Waals surface area contributed by atoms with Gasteiger partial charge in [-0.25, -0.2) is 0 Å². The topological polar surface area (TPSA) is 40.5 Å². The van der Waals surface area contributed by atoms with Gasteiger partial charge < -0.3 is 10.0 Å². The highest BCUT2D eigenvalue weighted by molar-refractivity contribution is 6.30. The van der Waals surface area contributed by atoms with Gasteiger partial charge >= 0.3 is 5.97 Å². The van der Waals surface area contributed by atoms with Crippen molar-refractivity contribution in [3.8, 4) is 0 Å². The van der Waals surface area contributed by atoms with Crippen LogP contribution >= 0.6 is 11.6 Å². The summed E-state index contributed by atoms with van der Waals surface area (Å²) in [5, 5.41) is 9.95. The predicted octanol–water partition coefficient (Wildman–Crippen LogP) is 2.46. The molecule has 0 saturated carbocycles. The molecule has 0 aromatic heterocycles. The second kappa shape index (κ2) is 5.07. The van der Waals surface area contributed by atoms with Gasteiger partial charge in [0.15, 0.2) is 0 Å². The smallest absolute Gasteiger partial charge is 0.307 e. The van der Waals surface area contributed by atoms with Gasteiger partial charge in [-0.15, -0.1) is 0 Å². The minimum Gasteiger partial charge on any atom is -0.481 e. The molecule has 2 atom stereocenters. The molecular formula is C13H16ClNO2. The van der Waals surface area contributed by atoms with E-state index in [4.69, 9.17) is 11.6 Å². The maximum Gasteiger partial charge on any atom is 0.307 e. The largest absolute Gasteiger partial charge is 0.481 e. The number of rotatable bonds is 2. The molecule has 92 valence electrons. The summed E-state index contributed by atoms with van der Waals surface area (Å²) in [6.07, 6.45) is 0.707. The molecule has 0 bridgehead atoms. The van der Waals surface area contributed by atoms with Crippen molar-refractivity contribution in [3.05, 3.63) is 34.9 Å². The first kappa shape index (κ1) is 12.4. The molecule has 1 heterocycles. The number of nitrogens with zero attached hydrogens (tertiary/aromatic N) is 1. The fraction of sp³-hybridized carbons (Fsp3) is 0.462. The number of benzene rings is 1. The zero-order chi connectivity index (χ0) is 12.4. The molecule has 0 aliphatic carbocycles. The zero-order valence-electron chi connectivity index (χ0n) is 9.77. The second-order valence-corrected chi connectivity index (χ2v) is 5.09. The third kappa shape index (κ3) is 2.79. The van der Waals surface area contributed by atoms with Crippen LogP contribution in [0.3, 0.4) is 0 Å². The van der Waals surface area contributed by atoms with Gasteiger partial charge in [0.25, 0.3) is 0 Å². The van der Waals surface area contributed by atoms with E-state index in [1.807, 2.05) is 31.3 Å². The molecule has 1 aromatic carbocycles. The minimum atomic E-state index is -0.696. The lowest BCUT2D eigenvalue weighted by atomic mass is 9.81. The number of likely N-dealkylation sites (tertiary alicyclic amines) is 1. The minimum absolute atomic E-state index is 0.0588. The molecule has 0 radical (unpaired) electrons. The Balaban J connectivity index is 2.25. The van der Waals surface area contributed by atoms with Crippen molar-refractivity contribution in [2.24, 2.45) is 5.92 Å². The molecule has 1 aromatic rings. The van der Waals surface area contributed by atoms with E-state index in [0.717, 1.165) is 18.7 Å². The van der Waals surface area contributed by atoms with Gasteiger partial charge in [0.2, 0.25) is 0 Å². The first-order valence-corrected chi connectivity index (χ1v) is 6.12. The highest BCUT2D eigenvalue weighted by atomic mass is 35.5.